The Labute approximate surface area is 212 Å². The van der Waals surface area contributed by atoms with E-state index in [-0.39, 0.29) is 22.7 Å². The maximum atomic E-state index is 13.5. The zero-order valence-corrected chi connectivity index (χ0v) is 23.4. The number of piperidine rings is 1. The highest BCUT2D eigenvalue weighted by molar-refractivity contribution is 6.99. The molecule has 2 aromatic carbocycles. The number of rotatable bonds is 6. The normalized spacial score (nSPS) is 24.5. The SMILES string of the molecule is C/C=C/[C@]12C[C@H]1C[C@H](CO[Si](c1ccccc1)(c1ccccc1)C(C)(C)C)N2C(=O)OC(C)(C)C. The van der Waals surface area contributed by atoms with E-state index >= 15 is 0 Å². The lowest BCUT2D eigenvalue weighted by molar-refractivity contribution is 0.00713. The van der Waals surface area contributed by atoms with E-state index in [1.54, 1.807) is 0 Å². The van der Waals surface area contributed by atoms with Gasteiger partial charge >= 0.3 is 6.09 Å². The van der Waals surface area contributed by atoms with Gasteiger partial charge in [-0.3, -0.25) is 4.90 Å². The molecule has 4 rings (SSSR count). The zero-order valence-electron chi connectivity index (χ0n) is 22.4. The first-order valence-electron chi connectivity index (χ1n) is 12.9. The van der Waals surface area contributed by atoms with Crippen LogP contribution in [0.4, 0.5) is 4.79 Å². The van der Waals surface area contributed by atoms with E-state index in [1.807, 2.05) is 32.6 Å². The molecule has 0 aromatic heterocycles. The monoisotopic (exact) mass is 491 g/mol. The van der Waals surface area contributed by atoms with Crippen molar-refractivity contribution in [2.24, 2.45) is 5.92 Å². The fourth-order valence-electron chi connectivity index (χ4n) is 6.02. The standard InChI is InChI=1S/C30H41NO3Si/c1-8-19-30-21-23(30)20-24(31(30)27(32)34-28(2,3)4)22-33-35(29(5,6)7,25-15-11-9-12-16-25)26-17-13-10-14-18-26/h8-19,23-24H,20-22H2,1-7H3/b19-8+/t23-,24-,30+/m1/s1. The van der Waals surface area contributed by atoms with Crippen LogP contribution in [0.25, 0.3) is 0 Å². The number of ether oxygens (including phenoxy) is 1. The predicted octanol–water partition coefficient (Wildman–Crippen LogP) is 5.91. The Morgan fingerprint density at radius 3 is 2.00 bits per heavy atom. The van der Waals surface area contributed by atoms with Gasteiger partial charge in [-0.15, -0.1) is 0 Å². The topological polar surface area (TPSA) is 38.8 Å². The van der Waals surface area contributed by atoms with Crippen molar-refractivity contribution >= 4 is 24.8 Å². The second-order valence-corrected chi connectivity index (χ2v) is 16.4. The number of carbonyl (C=O) groups is 1. The van der Waals surface area contributed by atoms with Crippen molar-refractivity contribution in [2.75, 3.05) is 6.61 Å². The van der Waals surface area contributed by atoms with Gasteiger partial charge in [0.05, 0.1) is 18.2 Å². The molecule has 1 heterocycles. The smallest absolute Gasteiger partial charge is 0.411 e. The minimum absolute atomic E-state index is 0.0125. The van der Waals surface area contributed by atoms with Crippen LogP contribution < -0.4 is 10.4 Å². The highest BCUT2D eigenvalue weighted by Gasteiger charge is 2.66. The first-order valence-corrected chi connectivity index (χ1v) is 14.8. The molecule has 1 aliphatic carbocycles. The molecule has 0 bridgehead atoms. The van der Waals surface area contributed by atoms with Crippen molar-refractivity contribution in [3.05, 3.63) is 72.8 Å². The van der Waals surface area contributed by atoms with Gasteiger partial charge in [-0.05, 0) is 61.9 Å². The van der Waals surface area contributed by atoms with Gasteiger partial charge in [0.15, 0.2) is 0 Å². The molecule has 2 aliphatic rings. The Morgan fingerprint density at radius 2 is 1.54 bits per heavy atom. The molecular formula is C30H41NO3Si. The van der Waals surface area contributed by atoms with Crippen LogP contribution in [0.1, 0.15) is 61.3 Å². The molecule has 0 unspecified atom stereocenters. The van der Waals surface area contributed by atoms with Gasteiger partial charge in [-0.1, -0.05) is 93.6 Å². The Bertz CT molecular complexity index is 1020. The summed E-state index contributed by atoms with van der Waals surface area (Å²) in [6.07, 6.45) is 5.99. The Hall–Kier alpha value is -2.37. The summed E-state index contributed by atoms with van der Waals surface area (Å²) in [4.78, 5) is 15.5. The number of fused-ring (bicyclic) bond motifs is 1. The van der Waals surface area contributed by atoms with Crippen molar-refractivity contribution < 1.29 is 14.0 Å². The van der Waals surface area contributed by atoms with Gasteiger partial charge in [0.25, 0.3) is 8.32 Å². The molecule has 2 fully saturated rings. The molecule has 188 valence electrons. The van der Waals surface area contributed by atoms with E-state index in [9.17, 15) is 4.79 Å². The van der Waals surface area contributed by atoms with Crippen LogP contribution in [0.5, 0.6) is 0 Å². The maximum absolute atomic E-state index is 13.5. The third-order valence-corrected chi connectivity index (χ3v) is 12.4. The minimum Gasteiger partial charge on any atom is -0.444 e. The van der Waals surface area contributed by atoms with Crippen molar-refractivity contribution in [1.82, 2.24) is 4.90 Å². The maximum Gasteiger partial charge on any atom is 0.411 e. The lowest BCUT2D eigenvalue weighted by Gasteiger charge is -2.44. The molecule has 0 radical (unpaired) electrons. The van der Waals surface area contributed by atoms with Crippen molar-refractivity contribution in [2.45, 2.75) is 83.5 Å². The fraction of sp³-hybridized carbons (Fsp3) is 0.500. The molecule has 4 nitrogen and oxygen atoms in total. The van der Waals surface area contributed by atoms with Gasteiger partial charge in [-0.25, -0.2) is 4.79 Å². The molecule has 3 atom stereocenters. The van der Waals surface area contributed by atoms with Gasteiger partial charge < -0.3 is 9.16 Å². The van der Waals surface area contributed by atoms with Crippen LogP contribution in [-0.4, -0.2) is 43.1 Å². The summed E-state index contributed by atoms with van der Waals surface area (Å²) in [6.45, 7) is 15.2. The molecule has 1 aliphatic heterocycles. The number of likely N-dealkylation sites (tertiary alicyclic amines) is 1. The largest absolute Gasteiger partial charge is 0.444 e. The summed E-state index contributed by atoms with van der Waals surface area (Å²) in [5.74, 6) is 0.471. The van der Waals surface area contributed by atoms with Crippen molar-refractivity contribution in [1.29, 1.82) is 0 Å². The van der Waals surface area contributed by atoms with E-state index in [0.29, 0.717) is 12.5 Å². The van der Waals surface area contributed by atoms with Crippen LogP contribution >= 0.6 is 0 Å². The molecule has 5 heteroatoms. The lowest BCUT2D eigenvalue weighted by Crippen LogP contribution is -2.67. The fourth-order valence-corrected chi connectivity index (χ4v) is 10.6. The van der Waals surface area contributed by atoms with Gasteiger partial charge in [0, 0.05) is 0 Å². The lowest BCUT2D eigenvalue weighted by atomic mass is 10.2. The average molecular weight is 492 g/mol. The molecule has 0 N–H and O–H groups in total. The number of amides is 1. The number of nitrogens with zero attached hydrogens (tertiary/aromatic N) is 1. The second kappa shape index (κ2) is 9.25. The Balaban J connectivity index is 1.71. The third-order valence-electron chi connectivity index (χ3n) is 7.44. The summed E-state index contributed by atoms with van der Waals surface area (Å²) in [5, 5.41) is 2.41. The second-order valence-electron chi connectivity index (χ2n) is 12.1. The van der Waals surface area contributed by atoms with Gasteiger partial charge in [0.2, 0.25) is 0 Å². The van der Waals surface area contributed by atoms with Crippen LogP contribution in [-0.2, 0) is 9.16 Å². The first-order chi connectivity index (χ1) is 16.4. The zero-order chi connectivity index (χ0) is 25.5. The average Bonchev–Trinajstić information content (AvgIpc) is 3.36. The highest BCUT2D eigenvalue weighted by atomic mass is 28.4. The number of hydrogen-bond donors (Lipinski definition) is 0. The van der Waals surface area contributed by atoms with Crippen LogP contribution in [0.2, 0.25) is 5.04 Å². The number of carbonyl (C=O) groups excluding carboxylic acids is 1. The van der Waals surface area contributed by atoms with E-state index in [4.69, 9.17) is 9.16 Å². The van der Waals surface area contributed by atoms with Crippen molar-refractivity contribution in [3.8, 4) is 0 Å². The van der Waals surface area contributed by atoms with E-state index in [1.165, 1.54) is 10.4 Å². The van der Waals surface area contributed by atoms with Gasteiger partial charge in [-0.2, -0.15) is 0 Å². The van der Waals surface area contributed by atoms with Crippen LogP contribution in [0.3, 0.4) is 0 Å². The number of hydrogen-bond acceptors (Lipinski definition) is 3. The summed E-state index contributed by atoms with van der Waals surface area (Å²) in [5.41, 5.74) is -0.763. The summed E-state index contributed by atoms with van der Waals surface area (Å²) in [7, 11) is -2.67. The Kier molecular flexibility index (Phi) is 6.80. The molecule has 0 spiro atoms. The van der Waals surface area contributed by atoms with E-state index in [0.717, 1.165) is 12.8 Å². The Morgan fingerprint density at radius 1 is 1.00 bits per heavy atom. The molecule has 1 saturated heterocycles. The van der Waals surface area contributed by atoms with Crippen molar-refractivity contribution in [3.63, 3.8) is 0 Å². The summed E-state index contributed by atoms with van der Waals surface area (Å²) < 4.78 is 13.1. The minimum atomic E-state index is -2.67. The van der Waals surface area contributed by atoms with E-state index in [2.05, 4.69) is 93.6 Å². The molecular weight excluding hydrogens is 450 g/mol. The molecule has 1 amide bonds. The van der Waals surface area contributed by atoms with Gasteiger partial charge in [0.1, 0.15) is 5.60 Å². The number of allylic oxidation sites excluding steroid dienone is 1. The molecule has 2 aromatic rings. The van der Waals surface area contributed by atoms with E-state index < -0.39 is 13.9 Å². The highest BCUT2D eigenvalue weighted by Crippen LogP contribution is 2.59. The summed E-state index contributed by atoms with van der Waals surface area (Å²) in [6, 6.07) is 21.4. The predicted molar refractivity (Wildman–Crippen MR) is 146 cm³/mol. The molecule has 1 saturated carbocycles. The third kappa shape index (κ3) is 4.73. The molecule has 35 heavy (non-hydrogen) atoms. The quantitative estimate of drug-likeness (QED) is 0.373. The number of benzene rings is 2. The first kappa shape index (κ1) is 25.7. The van der Waals surface area contributed by atoms with Crippen LogP contribution in [0, 0.1) is 5.92 Å². The van der Waals surface area contributed by atoms with Crippen LogP contribution in [0.15, 0.2) is 72.8 Å². The summed E-state index contributed by atoms with van der Waals surface area (Å²) >= 11 is 0.